The normalized spacial score (nSPS) is 12.3. The minimum atomic E-state index is 0. The summed E-state index contributed by atoms with van der Waals surface area (Å²) in [4.78, 5) is 0. The summed E-state index contributed by atoms with van der Waals surface area (Å²) in [6, 6.07) is 18.0. The second kappa shape index (κ2) is 35.4. The quantitative estimate of drug-likeness (QED) is 0.0373. The first-order valence-corrected chi connectivity index (χ1v) is 22.7. The van der Waals surface area contributed by atoms with Gasteiger partial charge in [0.05, 0.1) is 0 Å². The molecule has 2 aromatic rings. The molecule has 2 aromatic carbocycles. The Morgan fingerprint density at radius 3 is 1.09 bits per heavy atom. The van der Waals surface area contributed by atoms with Crippen LogP contribution in [0.15, 0.2) is 59.7 Å². The van der Waals surface area contributed by atoms with Gasteiger partial charge in [0.25, 0.3) is 0 Å². The first-order chi connectivity index (χ1) is 26.0. The Kier molecular flexibility index (Phi) is 34.1. The number of aryl methyl sites for hydroxylation is 2. The molecule has 3 rings (SSSR count). The van der Waals surface area contributed by atoms with Gasteiger partial charge in [-0.3, -0.25) is 0 Å². The van der Waals surface area contributed by atoms with Crippen LogP contribution in [-0.4, -0.2) is 4.70 Å². The van der Waals surface area contributed by atoms with Gasteiger partial charge in [0.15, 0.2) is 0 Å². The van der Waals surface area contributed by atoms with Crippen molar-refractivity contribution in [2.24, 2.45) is 0 Å². The summed E-state index contributed by atoms with van der Waals surface area (Å²) in [6.07, 6.45) is 33.4. The van der Waals surface area contributed by atoms with Crippen molar-refractivity contribution in [1.29, 1.82) is 0 Å². The summed E-state index contributed by atoms with van der Waals surface area (Å²) in [7, 11) is 0. The van der Waals surface area contributed by atoms with Gasteiger partial charge in [0.2, 0.25) is 11.4 Å². The van der Waals surface area contributed by atoms with Crippen LogP contribution in [-0.2, 0) is 29.3 Å². The van der Waals surface area contributed by atoms with Crippen LogP contribution in [0.4, 0.5) is 0 Å². The molecule has 0 fully saturated rings. The van der Waals surface area contributed by atoms with Crippen molar-refractivity contribution in [1.82, 2.24) is 0 Å². The molecule has 2 nitrogen and oxygen atoms in total. The van der Waals surface area contributed by atoms with E-state index in [0.717, 1.165) is 55.5 Å². The zero-order valence-electron chi connectivity index (χ0n) is 36.3. The second-order valence-electron chi connectivity index (χ2n) is 15.4. The molecule has 0 amide bonds. The first-order valence-electron chi connectivity index (χ1n) is 22.7. The Balaban J connectivity index is 0.00000158. The molecule has 3 heteroatoms. The van der Waals surface area contributed by atoms with E-state index in [1.807, 2.05) is 0 Å². The zero-order valence-corrected chi connectivity index (χ0v) is 37.3. The number of rotatable bonds is 27. The van der Waals surface area contributed by atoms with Crippen LogP contribution < -0.4 is 0 Å². The molecule has 0 radical (unpaired) electrons. The third-order valence-electron chi connectivity index (χ3n) is 10.4. The van der Waals surface area contributed by atoms with Crippen LogP contribution in [0.2, 0.25) is 0 Å². The van der Waals surface area contributed by atoms with Crippen molar-refractivity contribution in [3.05, 3.63) is 101 Å². The van der Waals surface area contributed by atoms with Gasteiger partial charge < -0.3 is 19.4 Å². The van der Waals surface area contributed by atoms with Crippen molar-refractivity contribution in [3.8, 4) is 0 Å². The van der Waals surface area contributed by atoms with Crippen molar-refractivity contribution in [2.75, 3.05) is 0 Å². The maximum atomic E-state index is 12.0. The van der Waals surface area contributed by atoms with Gasteiger partial charge in [-0.25, -0.2) is 4.70 Å². The molecular weight excluding hydrogens is 699 g/mol. The van der Waals surface area contributed by atoms with E-state index in [9.17, 15) is 5.53 Å². The standard InChI is InChI=1S/C37H54N2.2C7H15.Ni/c1-5-9-13-17-21-31-23-19-25-33(29-31)37-35(27-16-12-8-4)34(26-15-11-7-3)36(39(37)38)32-24-18-22-30(28-32)20-14-10-6-2;2*1-3-5-7-6-4-2;/h18-19,22-25,28-29H,5-17,20-21,26-27H2,1-4H3;2*1,3-7H2,2H3;/q;2*-1;+2. The maximum Gasteiger partial charge on any atom is 2.00 e. The molecular formula is C51H84N2Ni. The summed E-state index contributed by atoms with van der Waals surface area (Å²) in [6.45, 7) is 21.1. The molecule has 1 aliphatic rings. The SMILES string of the molecule is CCCCCCc1cccc(C2=C(CCCCC)C(CCCCC)=C(c3cccc(CCCCC)c3)[N+]2=[N-])c1.[CH2-]CCCCCC.[CH2-]CCCCCC.[Ni+2]. The van der Waals surface area contributed by atoms with E-state index in [1.165, 1.54) is 163 Å². The molecule has 1 heterocycles. The molecule has 0 atom stereocenters. The number of hydrogen-bond donors (Lipinski definition) is 0. The van der Waals surface area contributed by atoms with Gasteiger partial charge in [-0.05, 0) is 86.8 Å². The van der Waals surface area contributed by atoms with E-state index in [4.69, 9.17) is 0 Å². The van der Waals surface area contributed by atoms with Crippen LogP contribution in [0.5, 0.6) is 0 Å². The minimum Gasteiger partial charge on any atom is -0.493 e. The van der Waals surface area contributed by atoms with Crippen LogP contribution in [0, 0.1) is 13.8 Å². The molecule has 1 aliphatic heterocycles. The van der Waals surface area contributed by atoms with Gasteiger partial charge in [-0.2, -0.15) is 12.8 Å². The molecule has 0 N–H and O–H groups in total. The van der Waals surface area contributed by atoms with Crippen molar-refractivity contribution in [2.45, 2.75) is 215 Å². The molecule has 54 heavy (non-hydrogen) atoms. The van der Waals surface area contributed by atoms with E-state index in [-0.39, 0.29) is 16.5 Å². The Labute approximate surface area is 347 Å². The monoisotopic (exact) mass is 783 g/mol. The summed E-state index contributed by atoms with van der Waals surface area (Å²) < 4.78 is 1.57. The third kappa shape index (κ3) is 21.4. The number of nitrogens with zero attached hydrogens (tertiary/aromatic N) is 2. The van der Waals surface area contributed by atoms with Gasteiger partial charge in [0, 0.05) is 22.3 Å². The molecule has 0 aliphatic carbocycles. The average Bonchev–Trinajstić information content (AvgIpc) is 3.45. The zero-order chi connectivity index (χ0) is 38.9. The van der Waals surface area contributed by atoms with Crippen LogP contribution in [0.25, 0.3) is 16.9 Å². The van der Waals surface area contributed by atoms with Gasteiger partial charge in [0.1, 0.15) is 0 Å². The molecule has 308 valence electrons. The number of benzene rings is 2. The van der Waals surface area contributed by atoms with Crippen LogP contribution in [0.1, 0.15) is 224 Å². The third-order valence-corrected chi connectivity index (χ3v) is 10.4. The van der Waals surface area contributed by atoms with Crippen molar-refractivity contribution < 1.29 is 21.2 Å². The predicted molar refractivity (Wildman–Crippen MR) is 238 cm³/mol. The molecule has 0 aromatic heterocycles. The van der Waals surface area contributed by atoms with Crippen LogP contribution >= 0.6 is 0 Å². The summed E-state index contributed by atoms with van der Waals surface area (Å²) in [5, 5.41) is 0. The largest absolute Gasteiger partial charge is 2.00 e. The number of allylic oxidation sites excluding steroid dienone is 2. The Bertz CT molecular complexity index is 1250. The Hall–Kier alpha value is -1.99. The fourth-order valence-corrected chi connectivity index (χ4v) is 7.18. The molecule has 0 spiro atoms. The van der Waals surface area contributed by atoms with Gasteiger partial charge >= 0.3 is 16.5 Å². The maximum absolute atomic E-state index is 12.0. The first kappa shape index (κ1) is 52.0. The van der Waals surface area contributed by atoms with Gasteiger partial charge in [-0.15, -0.1) is 0 Å². The number of unbranched alkanes of at least 4 members (excludes halogenated alkanes) is 17. The fourth-order valence-electron chi connectivity index (χ4n) is 7.18. The Morgan fingerprint density at radius 2 is 0.741 bits per heavy atom. The molecule has 0 saturated heterocycles. The molecule has 0 unspecified atom stereocenters. The van der Waals surface area contributed by atoms with Crippen molar-refractivity contribution in [3.63, 3.8) is 0 Å². The molecule has 0 bridgehead atoms. The smallest absolute Gasteiger partial charge is 0.493 e. The van der Waals surface area contributed by atoms with E-state index in [0.29, 0.717) is 0 Å². The van der Waals surface area contributed by atoms with Crippen molar-refractivity contribution >= 4 is 11.4 Å². The summed E-state index contributed by atoms with van der Waals surface area (Å²) in [5.41, 5.74) is 21.9. The Morgan fingerprint density at radius 1 is 0.426 bits per heavy atom. The van der Waals surface area contributed by atoms with Crippen LogP contribution in [0.3, 0.4) is 0 Å². The van der Waals surface area contributed by atoms with E-state index >= 15 is 0 Å². The minimum absolute atomic E-state index is 0. The van der Waals surface area contributed by atoms with E-state index in [2.05, 4.69) is 104 Å². The average molecular weight is 784 g/mol. The second-order valence-corrected chi connectivity index (χ2v) is 15.4. The van der Waals surface area contributed by atoms with E-state index in [1.54, 1.807) is 4.70 Å². The fraction of sp³-hybridized carbons (Fsp3) is 0.647. The van der Waals surface area contributed by atoms with Gasteiger partial charge in [-0.1, -0.05) is 175 Å². The topological polar surface area (TPSA) is 25.3 Å². The predicted octanol–water partition coefficient (Wildman–Crippen LogP) is 17.5. The number of hydrogen-bond acceptors (Lipinski definition) is 0. The van der Waals surface area contributed by atoms with E-state index < -0.39 is 0 Å². The molecule has 0 saturated carbocycles. The summed E-state index contributed by atoms with van der Waals surface area (Å²) in [5.74, 6) is 0. The summed E-state index contributed by atoms with van der Waals surface area (Å²) >= 11 is 0.